The van der Waals surface area contributed by atoms with Crippen molar-refractivity contribution < 1.29 is 4.79 Å². The average molecular weight is 337 g/mol. The van der Waals surface area contributed by atoms with Gasteiger partial charge in [0.15, 0.2) is 0 Å². The highest BCUT2D eigenvalue weighted by Crippen LogP contribution is 2.29. The predicted molar refractivity (Wildman–Crippen MR) is 92.5 cm³/mol. The van der Waals surface area contributed by atoms with E-state index in [-0.39, 0.29) is 5.91 Å². The summed E-state index contributed by atoms with van der Waals surface area (Å²) in [7, 11) is 0. The van der Waals surface area contributed by atoms with Crippen LogP contribution in [0.1, 0.15) is 12.5 Å². The van der Waals surface area contributed by atoms with Gasteiger partial charge in [-0.25, -0.2) is 0 Å². The topological polar surface area (TPSA) is 32.3 Å². The van der Waals surface area contributed by atoms with Crippen LogP contribution >= 0.6 is 23.2 Å². The van der Waals surface area contributed by atoms with Crippen LogP contribution in [0.4, 0.5) is 5.69 Å². The summed E-state index contributed by atoms with van der Waals surface area (Å²) in [6, 6.07) is 15.2. The van der Waals surface area contributed by atoms with Gasteiger partial charge in [0.05, 0.1) is 22.3 Å². The maximum absolute atomic E-state index is 12.2. The average Bonchev–Trinajstić information content (AvgIpc) is 2.52. The normalized spacial score (nSPS) is 10.7. The Hall–Kier alpha value is -1.55. The van der Waals surface area contributed by atoms with Crippen molar-refractivity contribution >= 4 is 34.8 Å². The molecule has 3 nitrogen and oxygen atoms in total. The van der Waals surface area contributed by atoms with Gasteiger partial charge >= 0.3 is 0 Å². The van der Waals surface area contributed by atoms with Crippen molar-refractivity contribution in [2.75, 3.05) is 18.4 Å². The highest BCUT2D eigenvalue weighted by Gasteiger charge is 2.12. The van der Waals surface area contributed by atoms with Crippen LogP contribution in [0.5, 0.6) is 0 Å². The molecule has 0 radical (unpaired) electrons. The summed E-state index contributed by atoms with van der Waals surface area (Å²) in [6.07, 6.45) is 0. The molecule has 2 aromatic rings. The van der Waals surface area contributed by atoms with E-state index < -0.39 is 0 Å². The predicted octanol–water partition coefficient (Wildman–Crippen LogP) is 4.45. The molecule has 22 heavy (non-hydrogen) atoms. The van der Waals surface area contributed by atoms with Crippen LogP contribution in [-0.4, -0.2) is 23.9 Å². The number of amides is 1. The monoisotopic (exact) mass is 336 g/mol. The van der Waals surface area contributed by atoms with Crippen molar-refractivity contribution in [3.63, 3.8) is 0 Å². The van der Waals surface area contributed by atoms with E-state index in [1.807, 2.05) is 25.1 Å². The molecule has 0 aliphatic rings. The fourth-order valence-electron chi connectivity index (χ4n) is 2.11. The molecule has 0 aliphatic heterocycles. The number of rotatable bonds is 6. The van der Waals surface area contributed by atoms with Crippen molar-refractivity contribution in [3.05, 3.63) is 64.1 Å². The molecule has 0 saturated heterocycles. The molecule has 0 saturated carbocycles. The van der Waals surface area contributed by atoms with E-state index in [1.165, 1.54) is 5.56 Å². The highest BCUT2D eigenvalue weighted by atomic mass is 35.5. The van der Waals surface area contributed by atoms with E-state index in [9.17, 15) is 4.79 Å². The van der Waals surface area contributed by atoms with Gasteiger partial charge in [0.2, 0.25) is 5.91 Å². The Kier molecular flexibility index (Phi) is 6.25. The maximum atomic E-state index is 12.2. The fourth-order valence-corrected chi connectivity index (χ4v) is 2.46. The van der Waals surface area contributed by atoms with E-state index >= 15 is 0 Å². The van der Waals surface area contributed by atoms with E-state index in [0.717, 1.165) is 13.1 Å². The lowest BCUT2D eigenvalue weighted by Gasteiger charge is -2.20. The fraction of sp³-hybridized carbons (Fsp3) is 0.235. The van der Waals surface area contributed by atoms with Gasteiger partial charge in [0.25, 0.3) is 0 Å². The van der Waals surface area contributed by atoms with Crippen LogP contribution in [-0.2, 0) is 11.3 Å². The Morgan fingerprint density at radius 3 is 2.50 bits per heavy atom. The Morgan fingerprint density at radius 1 is 1.09 bits per heavy atom. The molecule has 2 rings (SSSR count). The number of halogens is 2. The quantitative estimate of drug-likeness (QED) is 0.844. The van der Waals surface area contributed by atoms with Gasteiger partial charge in [-0.1, -0.05) is 66.5 Å². The summed E-state index contributed by atoms with van der Waals surface area (Å²) in [5.41, 5.74) is 1.72. The molecular formula is C17H18Cl2N2O. The summed E-state index contributed by atoms with van der Waals surface area (Å²) >= 11 is 12.0. The number of nitrogens with zero attached hydrogens (tertiary/aromatic N) is 1. The summed E-state index contributed by atoms with van der Waals surface area (Å²) in [6.45, 7) is 3.84. The van der Waals surface area contributed by atoms with Gasteiger partial charge in [0.1, 0.15) is 0 Å². The van der Waals surface area contributed by atoms with Crippen molar-refractivity contribution in [1.29, 1.82) is 0 Å². The molecular weight excluding hydrogens is 319 g/mol. The molecule has 1 amide bonds. The lowest BCUT2D eigenvalue weighted by Crippen LogP contribution is -2.32. The number of likely N-dealkylation sites (N-methyl/N-ethyl adjacent to an activating group) is 1. The van der Waals surface area contributed by atoms with Crippen molar-refractivity contribution in [1.82, 2.24) is 4.90 Å². The number of hydrogen-bond acceptors (Lipinski definition) is 2. The van der Waals surface area contributed by atoms with Crippen LogP contribution in [0.2, 0.25) is 10.0 Å². The van der Waals surface area contributed by atoms with Crippen molar-refractivity contribution in [2.24, 2.45) is 0 Å². The van der Waals surface area contributed by atoms with E-state index in [2.05, 4.69) is 22.3 Å². The maximum Gasteiger partial charge on any atom is 0.238 e. The SMILES string of the molecule is CCN(CC(=O)Nc1cccc(Cl)c1Cl)Cc1ccccc1. The molecule has 0 spiro atoms. The Morgan fingerprint density at radius 2 is 1.82 bits per heavy atom. The second kappa shape index (κ2) is 8.18. The molecule has 116 valence electrons. The highest BCUT2D eigenvalue weighted by molar-refractivity contribution is 6.43. The summed E-state index contributed by atoms with van der Waals surface area (Å²) in [4.78, 5) is 14.2. The molecule has 1 N–H and O–H groups in total. The van der Waals surface area contributed by atoms with Gasteiger partial charge in [0, 0.05) is 6.54 Å². The van der Waals surface area contributed by atoms with E-state index in [1.54, 1.807) is 18.2 Å². The third-order valence-electron chi connectivity index (χ3n) is 3.29. The first-order valence-electron chi connectivity index (χ1n) is 7.10. The molecule has 0 aliphatic carbocycles. The number of hydrogen-bond donors (Lipinski definition) is 1. The van der Waals surface area contributed by atoms with Crippen LogP contribution in [0.15, 0.2) is 48.5 Å². The number of benzene rings is 2. The molecule has 0 bridgehead atoms. The number of carbonyl (C=O) groups is 1. The van der Waals surface area contributed by atoms with Gasteiger partial charge < -0.3 is 5.32 Å². The number of nitrogens with one attached hydrogen (secondary N) is 1. The first-order valence-corrected chi connectivity index (χ1v) is 7.86. The van der Waals surface area contributed by atoms with Gasteiger partial charge in [-0.05, 0) is 24.2 Å². The van der Waals surface area contributed by atoms with Gasteiger partial charge in [-0.2, -0.15) is 0 Å². The minimum absolute atomic E-state index is 0.109. The van der Waals surface area contributed by atoms with Crippen LogP contribution in [0.3, 0.4) is 0 Å². The third-order valence-corrected chi connectivity index (χ3v) is 4.11. The Balaban J connectivity index is 1.96. The lowest BCUT2D eigenvalue weighted by molar-refractivity contribution is -0.117. The van der Waals surface area contributed by atoms with Crippen molar-refractivity contribution in [2.45, 2.75) is 13.5 Å². The molecule has 5 heteroatoms. The molecule has 0 atom stereocenters. The molecule has 2 aromatic carbocycles. The third kappa shape index (κ3) is 4.73. The van der Waals surface area contributed by atoms with E-state index in [0.29, 0.717) is 22.3 Å². The number of anilines is 1. The number of carbonyl (C=O) groups excluding carboxylic acids is 1. The second-order valence-electron chi connectivity index (χ2n) is 4.94. The summed E-state index contributed by atoms with van der Waals surface area (Å²) in [5, 5.41) is 3.60. The lowest BCUT2D eigenvalue weighted by atomic mass is 10.2. The molecule has 0 aromatic heterocycles. The molecule has 0 fully saturated rings. The minimum Gasteiger partial charge on any atom is -0.324 e. The van der Waals surface area contributed by atoms with Crippen LogP contribution in [0, 0.1) is 0 Å². The second-order valence-corrected chi connectivity index (χ2v) is 5.72. The standard InChI is InChI=1S/C17H18Cl2N2O/c1-2-21(11-13-7-4-3-5-8-13)12-16(22)20-15-10-6-9-14(18)17(15)19/h3-10H,2,11-12H2,1H3,(H,20,22). The van der Waals surface area contributed by atoms with E-state index in [4.69, 9.17) is 23.2 Å². The Bertz CT molecular complexity index is 632. The van der Waals surface area contributed by atoms with Crippen LogP contribution < -0.4 is 5.32 Å². The summed E-state index contributed by atoms with van der Waals surface area (Å²) < 4.78 is 0. The summed E-state index contributed by atoms with van der Waals surface area (Å²) in [5.74, 6) is -0.109. The molecule has 0 unspecified atom stereocenters. The van der Waals surface area contributed by atoms with Crippen molar-refractivity contribution in [3.8, 4) is 0 Å². The van der Waals surface area contributed by atoms with Crippen LogP contribution in [0.25, 0.3) is 0 Å². The van der Waals surface area contributed by atoms with Gasteiger partial charge in [-0.15, -0.1) is 0 Å². The zero-order valence-electron chi connectivity index (χ0n) is 12.4. The molecule has 0 heterocycles. The zero-order chi connectivity index (χ0) is 15.9. The minimum atomic E-state index is -0.109. The van der Waals surface area contributed by atoms with Gasteiger partial charge in [-0.3, -0.25) is 9.69 Å². The first-order chi connectivity index (χ1) is 10.6. The Labute approximate surface area is 140 Å². The zero-order valence-corrected chi connectivity index (χ0v) is 13.9. The first kappa shape index (κ1) is 16.8. The largest absolute Gasteiger partial charge is 0.324 e. The smallest absolute Gasteiger partial charge is 0.238 e.